The molecular formula is C24H24N2O4. The van der Waals surface area contributed by atoms with Gasteiger partial charge in [-0.3, -0.25) is 19.8 Å². The van der Waals surface area contributed by atoms with Crippen LogP contribution in [0.1, 0.15) is 42.4 Å². The van der Waals surface area contributed by atoms with E-state index in [-0.39, 0.29) is 11.6 Å². The third-order valence-electron chi connectivity index (χ3n) is 5.56. The van der Waals surface area contributed by atoms with Crippen LogP contribution in [0.4, 0.5) is 4.79 Å². The number of benzene rings is 2. The summed E-state index contributed by atoms with van der Waals surface area (Å²) in [6, 6.07) is 14.5. The SMILES string of the molecule is Cc1ccc(COc2ccccc2/C=C2\C(=O)NC(=O)N(C3CCCC3)C2=O)cc1. The zero-order chi connectivity index (χ0) is 21.1. The van der Waals surface area contributed by atoms with E-state index in [0.717, 1.165) is 31.2 Å². The first-order chi connectivity index (χ1) is 14.5. The molecule has 2 aliphatic rings. The predicted molar refractivity (Wildman–Crippen MR) is 113 cm³/mol. The highest BCUT2D eigenvalue weighted by Gasteiger charge is 2.40. The highest BCUT2D eigenvalue weighted by Crippen LogP contribution is 2.28. The Labute approximate surface area is 175 Å². The molecule has 0 atom stereocenters. The predicted octanol–water partition coefficient (Wildman–Crippen LogP) is 3.98. The third-order valence-corrected chi connectivity index (χ3v) is 5.56. The van der Waals surface area contributed by atoms with Crippen LogP contribution in [0.15, 0.2) is 54.1 Å². The fourth-order valence-corrected chi connectivity index (χ4v) is 3.90. The van der Waals surface area contributed by atoms with Crippen molar-refractivity contribution < 1.29 is 19.1 Å². The second-order valence-corrected chi connectivity index (χ2v) is 7.74. The number of nitrogens with zero attached hydrogens (tertiary/aromatic N) is 1. The van der Waals surface area contributed by atoms with Crippen molar-refractivity contribution in [3.63, 3.8) is 0 Å². The van der Waals surface area contributed by atoms with Gasteiger partial charge in [-0.05, 0) is 37.5 Å². The van der Waals surface area contributed by atoms with Gasteiger partial charge in [-0.15, -0.1) is 0 Å². The molecule has 6 heteroatoms. The summed E-state index contributed by atoms with van der Waals surface area (Å²) in [6.45, 7) is 2.39. The second-order valence-electron chi connectivity index (χ2n) is 7.74. The number of hydrogen-bond acceptors (Lipinski definition) is 4. The number of para-hydroxylation sites is 1. The molecule has 1 heterocycles. The van der Waals surface area contributed by atoms with Crippen molar-refractivity contribution in [2.75, 3.05) is 0 Å². The molecule has 0 bridgehead atoms. The van der Waals surface area contributed by atoms with E-state index in [1.165, 1.54) is 16.5 Å². The van der Waals surface area contributed by atoms with Crippen LogP contribution >= 0.6 is 0 Å². The summed E-state index contributed by atoms with van der Waals surface area (Å²) < 4.78 is 5.95. The van der Waals surface area contributed by atoms with Crippen molar-refractivity contribution >= 4 is 23.9 Å². The van der Waals surface area contributed by atoms with Crippen molar-refractivity contribution in [2.45, 2.75) is 45.3 Å². The lowest BCUT2D eigenvalue weighted by atomic mass is 10.0. The van der Waals surface area contributed by atoms with E-state index in [0.29, 0.717) is 17.9 Å². The van der Waals surface area contributed by atoms with Gasteiger partial charge in [0, 0.05) is 11.6 Å². The van der Waals surface area contributed by atoms with Crippen molar-refractivity contribution in [2.24, 2.45) is 0 Å². The van der Waals surface area contributed by atoms with Gasteiger partial charge < -0.3 is 4.74 Å². The Hall–Kier alpha value is -3.41. The number of aryl methyl sites for hydroxylation is 1. The minimum Gasteiger partial charge on any atom is -0.488 e. The number of urea groups is 1. The van der Waals surface area contributed by atoms with E-state index in [1.54, 1.807) is 12.1 Å². The van der Waals surface area contributed by atoms with E-state index in [4.69, 9.17) is 4.74 Å². The minimum atomic E-state index is -0.674. The molecule has 0 aromatic heterocycles. The average molecular weight is 404 g/mol. The standard InChI is InChI=1S/C24H24N2O4/c1-16-10-12-17(13-11-16)15-30-21-9-5-2-6-18(21)14-20-22(27)25-24(29)26(23(20)28)19-7-3-4-8-19/h2,5-6,9-14,19H,3-4,7-8,15H2,1H3,(H,25,27,29)/b20-14+. The number of nitrogens with one attached hydrogen (secondary N) is 1. The molecular weight excluding hydrogens is 380 g/mol. The molecule has 2 aromatic rings. The zero-order valence-electron chi connectivity index (χ0n) is 16.9. The van der Waals surface area contributed by atoms with Crippen LogP contribution < -0.4 is 10.1 Å². The van der Waals surface area contributed by atoms with Gasteiger partial charge in [0.15, 0.2) is 0 Å². The number of amides is 4. The summed E-state index contributed by atoms with van der Waals surface area (Å²) in [7, 11) is 0. The molecule has 2 fully saturated rings. The first-order valence-corrected chi connectivity index (χ1v) is 10.2. The molecule has 4 rings (SSSR count). The molecule has 6 nitrogen and oxygen atoms in total. The molecule has 154 valence electrons. The first-order valence-electron chi connectivity index (χ1n) is 10.2. The highest BCUT2D eigenvalue weighted by molar-refractivity contribution is 6.31. The molecule has 2 aromatic carbocycles. The van der Waals surface area contributed by atoms with Gasteiger partial charge in [0.1, 0.15) is 17.9 Å². The van der Waals surface area contributed by atoms with Crippen molar-refractivity contribution in [3.8, 4) is 5.75 Å². The molecule has 1 aliphatic carbocycles. The number of barbiturate groups is 1. The summed E-state index contributed by atoms with van der Waals surface area (Å²) in [5.74, 6) is -0.646. The summed E-state index contributed by atoms with van der Waals surface area (Å²) in [5.41, 5.74) is 2.76. The topological polar surface area (TPSA) is 75.7 Å². The Morgan fingerprint density at radius 1 is 1.03 bits per heavy atom. The fraction of sp³-hybridized carbons (Fsp3) is 0.292. The lowest BCUT2D eigenvalue weighted by Crippen LogP contribution is -2.57. The number of rotatable bonds is 5. The quantitative estimate of drug-likeness (QED) is 0.604. The normalized spacial score (nSPS) is 18.8. The summed E-state index contributed by atoms with van der Waals surface area (Å²) in [4.78, 5) is 38.9. The number of hydrogen-bond donors (Lipinski definition) is 1. The van der Waals surface area contributed by atoms with Crippen LogP contribution in [-0.4, -0.2) is 28.8 Å². The number of carbonyl (C=O) groups excluding carboxylic acids is 3. The molecule has 1 N–H and O–H groups in total. The van der Waals surface area contributed by atoms with E-state index in [1.807, 2.05) is 43.3 Å². The number of carbonyl (C=O) groups is 3. The lowest BCUT2D eigenvalue weighted by Gasteiger charge is -2.31. The molecule has 30 heavy (non-hydrogen) atoms. The lowest BCUT2D eigenvalue weighted by molar-refractivity contribution is -0.131. The zero-order valence-corrected chi connectivity index (χ0v) is 16.9. The van der Waals surface area contributed by atoms with E-state index < -0.39 is 17.8 Å². The molecule has 0 unspecified atom stereocenters. The fourth-order valence-electron chi connectivity index (χ4n) is 3.90. The molecule has 0 spiro atoms. The number of ether oxygens (including phenoxy) is 1. The highest BCUT2D eigenvalue weighted by atomic mass is 16.5. The van der Waals surface area contributed by atoms with E-state index in [9.17, 15) is 14.4 Å². The van der Waals surface area contributed by atoms with Crippen molar-refractivity contribution in [1.29, 1.82) is 0 Å². The van der Waals surface area contributed by atoms with Crippen LogP contribution in [0.2, 0.25) is 0 Å². The Bertz CT molecular complexity index is 1000. The molecule has 4 amide bonds. The van der Waals surface area contributed by atoms with Gasteiger partial charge >= 0.3 is 6.03 Å². The summed E-state index contributed by atoms with van der Waals surface area (Å²) in [5, 5.41) is 2.31. The van der Waals surface area contributed by atoms with Crippen LogP contribution in [0.25, 0.3) is 6.08 Å². The maximum atomic E-state index is 13.0. The molecule has 0 radical (unpaired) electrons. The summed E-state index contributed by atoms with van der Waals surface area (Å²) >= 11 is 0. The smallest absolute Gasteiger partial charge is 0.331 e. The van der Waals surface area contributed by atoms with Gasteiger partial charge in [-0.1, -0.05) is 60.9 Å². The van der Waals surface area contributed by atoms with Gasteiger partial charge in [0.05, 0.1) is 0 Å². The molecule has 1 saturated heterocycles. The largest absolute Gasteiger partial charge is 0.488 e. The third kappa shape index (κ3) is 4.13. The maximum absolute atomic E-state index is 13.0. The van der Waals surface area contributed by atoms with Crippen LogP contribution in [0, 0.1) is 6.92 Å². The second kappa shape index (κ2) is 8.53. The van der Waals surface area contributed by atoms with Crippen molar-refractivity contribution in [1.82, 2.24) is 10.2 Å². The van der Waals surface area contributed by atoms with Crippen LogP contribution in [-0.2, 0) is 16.2 Å². The summed E-state index contributed by atoms with van der Waals surface area (Å²) in [6.07, 6.45) is 5.01. The Kier molecular flexibility index (Phi) is 5.65. The van der Waals surface area contributed by atoms with E-state index >= 15 is 0 Å². The van der Waals surface area contributed by atoms with Gasteiger partial charge in [-0.25, -0.2) is 4.79 Å². The Balaban J connectivity index is 1.58. The van der Waals surface area contributed by atoms with E-state index in [2.05, 4.69) is 5.32 Å². The van der Waals surface area contributed by atoms with Crippen LogP contribution in [0.3, 0.4) is 0 Å². The van der Waals surface area contributed by atoms with Crippen LogP contribution in [0.5, 0.6) is 5.75 Å². The maximum Gasteiger partial charge on any atom is 0.331 e. The van der Waals surface area contributed by atoms with Gasteiger partial charge in [0.25, 0.3) is 11.8 Å². The minimum absolute atomic E-state index is 0.0483. The molecule has 1 saturated carbocycles. The number of imide groups is 2. The Morgan fingerprint density at radius 3 is 2.47 bits per heavy atom. The van der Waals surface area contributed by atoms with Crippen molar-refractivity contribution in [3.05, 3.63) is 70.8 Å². The van der Waals surface area contributed by atoms with Gasteiger partial charge in [0.2, 0.25) is 0 Å². The average Bonchev–Trinajstić information content (AvgIpc) is 3.25. The monoisotopic (exact) mass is 404 g/mol. The first kappa shape index (κ1) is 19.9. The van der Waals surface area contributed by atoms with Gasteiger partial charge in [-0.2, -0.15) is 0 Å². The molecule has 1 aliphatic heterocycles. The Morgan fingerprint density at radius 2 is 1.73 bits per heavy atom.